The second kappa shape index (κ2) is 7.69. The summed E-state index contributed by atoms with van der Waals surface area (Å²) in [6.07, 6.45) is 3.92. The summed E-state index contributed by atoms with van der Waals surface area (Å²) < 4.78 is 11.7. The Kier molecular flexibility index (Phi) is 5.92. The highest BCUT2D eigenvalue weighted by molar-refractivity contribution is 5.43. The van der Waals surface area contributed by atoms with Crippen LogP contribution >= 0.6 is 0 Å². The lowest BCUT2D eigenvalue weighted by Gasteiger charge is -2.32. The largest absolute Gasteiger partial charge is 0.493 e. The number of methoxy groups -OCH3 is 1. The van der Waals surface area contributed by atoms with E-state index in [0.717, 1.165) is 49.3 Å². The van der Waals surface area contributed by atoms with Crippen molar-refractivity contribution in [1.29, 1.82) is 0 Å². The predicted octanol–water partition coefficient (Wildman–Crippen LogP) is 4.01. The van der Waals surface area contributed by atoms with Crippen LogP contribution in [0.15, 0.2) is 18.2 Å². The van der Waals surface area contributed by atoms with Crippen molar-refractivity contribution in [2.75, 3.05) is 13.7 Å². The third kappa shape index (κ3) is 4.63. The van der Waals surface area contributed by atoms with Crippen LogP contribution in [0.4, 0.5) is 0 Å². The molecule has 21 heavy (non-hydrogen) atoms. The summed E-state index contributed by atoms with van der Waals surface area (Å²) in [6.45, 7) is 8.61. The highest BCUT2D eigenvalue weighted by Crippen LogP contribution is 2.35. The monoisotopic (exact) mass is 291 g/mol. The highest BCUT2D eigenvalue weighted by Gasteiger charge is 2.26. The minimum atomic E-state index is 0.312. The predicted molar refractivity (Wildman–Crippen MR) is 87.0 cm³/mol. The lowest BCUT2D eigenvalue weighted by molar-refractivity contribution is 0.0979. The van der Waals surface area contributed by atoms with Gasteiger partial charge in [0.2, 0.25) is 0 Å². The molecule has 0 saturated heterocycles. The van der Waals surface area contributed by atoms with Gasteiger partial charge >= 0.3 is 0 Å². The number of rotatable bonds is 6. The molecule has 3 heteroatoms. The number of ether oxygens (including phenoxy) is 2. The van der Waals surface area contributed by atoms with E-state index in [2.05, 4.69) is 38.2 Å². The van der Waals surface area contributed by atoms with Crippen molar-refractivity contribution >= 4 is 0 Å². The van der Waals surface area contributed by atoms with E-state index < -0.39 is 0 Å². The Bertz CT molecular complexity index is 437. The molecule has 118 valence electrons. The molecule has 2 unspecified atom stereocenters. The van der Waals surface area contributed by atoms with Gasteiger partial charge in [0.1, 0.15) is 0 Å². The Morgan fingerprint density at radius 1 is 1.10 bits per heavy atom. The first kappa shape index (κ1) is 16.2. The molecule has 1 aliphatic rings. The highest BCUT2D eigenvalue weighted by atomic mass is 16.5. The maximum Gasteiger partial charge on any atom is 0.161 e. The number of nitrogens with one attached hydrogen (secondary N) is 1. The summed E-state index contributed by atoms with van der Waals surface area (Å²) in [6, 6.07) is 6.23. The molecule has 1 aliphatic carbocycles. The lowest BCUT2D eigenvalue weighted by Crippen LogP contribution is -2.28. The van der Waals surface area contributed by atoms with Crippen LogP contribution in [0, 0.1) is 11.8 Å². The number of benzene rings is 1. The van der Waals surface area contributed by atoms with Crippen molar-refractivity contribution in [3.05, 3.63) is 23.8 Å². The van der Waals surface area contributed by atoms with Crippen LogP contribution in [0.25, 0.3) is 0 Å². The maximum atomic E-state index is 6.29. The van der Waals surface area contributed by atoms with Crippen LogP contribution in [-0.2, 0) is 6.54 Å². The van der Waals surface area contributed by atoms with Crippen LogP contribution in [0.2, 0.25) is 0 Å². The molecular formula is C18H29NO2. The minimum absolute atomic E-state index is 0.312. The zero-order chi connectivity index (χ0) is 15.2. The fourth-order valence-corrected chi connectivity index (χ4v) is 3.34. The average molecular weight is 291 g/mol. The van der Waals surface area contributed by atoms with Crippen molar-refractivity contribution < 1.29 is 9.47 Å². The summed E-state index contributed by atoms with van der Waals surface area (Å²) in [5, 5.41) is 3.35. The SMILES string of the molecule is CCNCc1ccc(OC)c(OC2CC(C)CC(C)C2)c1. The normalized spacial score (nSPS) is 25.6. The van der Waals surface area contributed by atoms with E-state index in [1.54, 1.807) is 7.11 Å². The summed E-state index contributed by atoms with van der Waals surface area (Å²) >= 11 is 0. The van der Waals surface area contributed by atoms with Crippen LogP contribution in [0.3, 0.4) is 0 Å². The van der Waals surface area contributed by atoms with Gasteiger partial charge in [-0.2, -0.15) is 0 Å². The summed E-state index contributed by atoms with van der Waals surface area (Å²) in [5.41, 5.74) is 1.24. The molecular weight excluding hydrogens is 262 g/mol. The molecule has 0 amide bonds. The zero-order valence-electron chi connectivity index (χ0n) is 13.8. The molecule has 1 saturated carbocycles. The topological polar surface area (TPSA) is 30.5 Å². The quantitative estimate of drug-likeness (QED) is 0.859. The van der Waals surface area contributed by atoms with Crippen molar-refractivity contribution in [1.82, 2.24) is 5.32 Å². The molecule has 1 N–H and O–H groups in total. The fourth-order valence-electron chi connectivity index (χ4n) is 3.34. The van der Waals surface area contributed by atoms with Gasteiger partial charge in [-0.05, 0) is 55.3 Å². The van der Waals surface area contributed by atoms with Gasteiger partial charge in [0.25, 0.3) is 0 Å². The first-order chi connectivity index (χ1) is 10.1. The van der Waals surface area contributed by atoms with Gasteiger partial charge in [-0.15, -0.1) is 0 Å². The standard InChI is InChI=1S/C18H29NO2/c1-5-19-12-15-6-7-17(20-4)18(11-15)21-16-9-13(2)8-14(3)10-16/h6-7,11,13-14,16,19H,5,8-10,12H2,1-4H3. The lowest BCUT2D eigenvalue weighted by atomic mass is 9.82. The van der Waals surface area contributed by atoms with Crippen molar-refractivity contribution in [2.45, 2.75) is 52.7 Å². The Morgan fingerprint density at radius 3 is 2.43 bits per heavy atom. The molecule has 2 atom stereocenters. The number of hydrogen-bond acceptors (Lipinski definition) is 3. The second-order valence-electron chi connectivity index (χ2n) is 6.42. The summed E-state index contributed by atoms with van der Waals surface area (Å²) in [5.74, 6) is 3.21. The fraction of sp³-hybridized carbons (Fsp3) is 0.667. The molecule has 1 fully saturated rings. The van der Waals surface area contributed by atoms with E-state index in [4.69, 9.17) is 9.47 Å². The van der Waals surface area contributed by atoms with Crippen molar-refractivity contribution in [2.24, 2.45) is 11.8 Å². The third-order valence-corrected chi connectivity index (χ3v) is 4.24. The molecule has 2 rings (SSSR count). The van der Waals surface area contributed by atoms with Crippen molar-refractivity contribution in [3.63, 3.8) is 0 Å². The van der Waals surface area contributed by atoms with Gasteiger partial charge in [-0.1, -0.05) is 26.8 Å². The van der Waals surface area contributed by atoms with Gasteiger partial charge in [0.15, 0.2) is 11.5 Å². The molecule has 1 aromatic carbocycles. The Balaban J connectivity index is 2.09. The van der Waals surface area contributed by atoms with Gasteiger partial charge < -0.3 is 14.8 Å². The van der Waals surface area contributed by atoms with E-state index in [1.165, 1.54) is 12.0 Å². The van der Waals surface area contributed by atoms with Gasteiger partial charge in [-0.25, -0.2) is 0 Å². The van der Waals surface area contributed by atoms with Gasteiger partial charge in [0.05, 0.1) is 13.2 Å². The van der Waals surface area contributed by atoms with E-state index in [-0.39, 0.29) is 0 Å². The van der Waals surface area contributed by atoms with Crippen LogP contribution < -0.4 is 14.8 Å². The third-order valence-electron chi connectivity index (χ3n) is 4.24. The summed E-state index contributed by atoms with van der Waals surface area (Å²) in [4.78, 5) is 0. The van der Waals surface area contributed by atoms with Crippen LogP contribution in [0.1, 0.15) is 45.6 Å². The van der Waals surface area contributed by atoms with E-state index in [9.17, 15) is 0 Å². The minimum Gasteiger partial charge on any atom is -0.493 e. The number of hydrogen-bond donors (Lipinski definition) is 1. The molecule has 0 aromatic heterocycles. The van der Waals surface area contributed by atoms with Crippen molar-refractivity contribution in [3.8, 4) is 11.5 Å². The van der Waals surface area contributed by atoms with Gasteiger partial charge in [-0.3, -0.25) is 0 Å². The Morgan fingerprint density at radius 2 is 1.81 bits per heavy atom. The molecule has 0 aliphatic heterocycles. The molecule has 0 radical (unpaired) electrons. The average Bonchev–Trinajstić information content (AvgIpc) is 2.44. The smallest absolute Gasteiger partial charge is 0.161 e. The molecule has 0 bridgehead atoms. The first-order valence-electron chi connectivity index (χ1n) is 8.16. The summed E-state index contributed by atoms with van der Waals surface area (Å²) in [7, 11) is 1.71. The molecule has 0 heterocycles. The van der Waals surface area contributed by atoms with E-state index in [0.29, 0.717) is 6.10 Å². The first-order valence-corrected chi connectivity index (χ1v) is 8.16. The van der Waals surface area contributed by atoms with E-state index >= 15 is 0 Å². The molecule has 1 aromatic rings. The van der Waals surface area contributed by atoms with E-state index in [1.807, 2.05) is 6.07 Å². The maximum absolute atomic E-state index is 6.29. The molecule has 3 nitrogen and oxygen atoms in total. The Labute approximate surface area is 129 Å². The second-order valence-corrected chi connectivity index (χ2v) is 6.42. The van der Waals surface area contributed by atoms with Gasteiger partial charge in [0, 0.05) is 6.54 Å². The Hall–Kier alpha value is -1.22. The molecule has 0 spiro atoms. The van der Waals surface area contributed by atoms with Crippen LogP contribution in [-0.4, -0.2) is 19.8 Å². The zero-order valence-corrected chi connectivity index (χ0v) is 13.8. The van der Waals surface area contributed by atoms with Crippen LogP contribution in [0.5, 0.6) is 11.5 Å².